The Morgan fingerprint density at radius 2 is 2.57 bits per heavy atom. The summed E-state index contributed by atoms with van der Waals surface area (Å²) in [5.41, 5.74) is 2.53. The molecule has 1 atom stereocenters. The summed E-state index contributed by atoms with van der Waals surface area (Å²) >= 11 is 1.73. The zero-order chi connectivity index (χ0) is 9.80. The van der Waals surface area contributed by atoms with E-state index in [1.165, 1.54) is 11.1 Å². The first-order chi connectivity index (χ1) is 6.86. The van der Waals surface area contributed by atoms with Crippen LogP contribution in [0.25, 0.3) is 0 Å². The normalized spacial score (nSPS) is 12.9. The zero-order valence-corrected chi connectivity index (χ0v) is 8.84. The molecule has 0 spiro atoms. The van der Waals surface area contributed by atoms with Crippen LogP contribution in [0.3, 0.4) is 0 Å². The molecule has 2 aromatic heterocycles. The number of H-pyrrole nitrogens is 1. The van der Waals surface area contributed by atoms with Crippen LogP contribution in [0.2, 0.25) is 0 Å². The number of aromatic amines is 1. The molecule has 4 heteroatoms. The van der Waals surface area contributed by atoms with Gasteiger partial charge in [0.15, 0.2) is 0 Å². The molecule has 2 N–H and O–H groups in total. The maximum atomic E-state index is 3.90. The lowest BCUT2D eigenvalue weighted by Gasteiger charge is -2.10. The van der Waals surface area contributed by atoms with E-state index in [1.54, 1.807) is 11.3 Å². The average molecular weight is 207 g/mol. The Hall–Kier alpha value is -1.13. The summed E-state index contributed by atoms with van der Waals surface area (Å²) in [4.78, 5) is 0. The molecule has 2 heterocycles. The Bertz CT molecular complexity index is 353. The summed E-state index contributed by atoms with van der Waals surface area (Å²) in [6.07, 6.45) is 3.75. The highest BCUT2D eigenvalue weighted by molar-refractivity contribution is 7.07. The van der Waals surface area contributed by atoms with Crippen molar-refractivity contribution in [3.05, 3.63) is 40.3 Å². The summed E-state index contributed by atoms with van der Waals surface area (Å²) < 4.78 is 0. The van der Waals surface area contributed by atoms with Crippen LogP contribution in [-0.4, -0.2) is 10.2 Å². The predicted octanol–water partition coefficient (Wildman–Crippen LogP) is 2.32. The highest BCUT2D eigenvalue weighted by Gasteiger charge is 2.04. The molecule has 0 saturated heterocycles. The van der Waals surface area contributed by atoms with E-state index >= 15 is 0 Å². The highest BCUT2D eigenvalue weighted by atomic mass is 32.1. The smallest absolute Gasteiger partial charge is 0.0532 e. The largest absolute Gasteiger partial charge is 0.306 e. The average Bonchev–Trinajstić information content (AvgIpc) is 2.87. The molecule has 3 nitrogen and oxygen atoms in total. The SMILES string of the molecule is CC(NCc1cn[nH]c1)c1ccsc1. The van der Waals surface area contributed by atoms with Crippen LogP contribution < -0.4 is 5.32 Å². The fraction of sp³-hybridized carbons (Fsp3) is 0.300. The first-order valence-electron chi connectivity index (χ1n) is 4.59. The Kier molecular flexibility index (Phi) is 2.96. The summed E-state index contributed by atoms with van der Waals surface area (Å²) in [6.45, 7) is 3.02. The van der Waals surface area contributed by atoms with Gasteiger partial charge in [0.1, 0.15) is 0 Å². The van der Waals surface area contributed by atoms with Gasteiger partial charge in [0.2, 0.25) is 0 Å². The standard InChI is InChI=1S/C10H13N3S/c1-8(10-2-3-14-7-10)11-4-9-5-12-13-6-9/h2-3,5-8,11H,4H2,1H3,(H,12,13). The van der Waals surface area contributed by atoms with Crippen LogP contribution in [0.4, 0.5) is 0 Å². The lowest BCUT2D eigenvalue weighted by atomic mass is 10.2. The minimum absolute atomic E-state index is 0.399. The fourth-order valence-corrected chi connectivity index (χ4v) is 2.04. The first-order valence-corrected chi connectivity index (χ1v) is 5.53. The van der Waals surface area contributed by atoms with E-state index in [9.17, 15) is 0 Å². The van der Waals surface area contributed by atoms with Crippen molar-refractivity contribution in [2.24, 2.45) is 0 Å². The quantitative estimate of drug-likeness (QED) is 0.807. The summed E-state index contributed by atoms with van der Waals surface area (Å²) in [7, 11) is 0. The van der Waals surface area contributed by atoms with Crippen molar-refractivity contribution >= 4 is 11.3 Å². The van der Waals surface area contributed by atoms with Crippen LogP contribution in [0.15, 0.2) is 29.2 Å². The van der Waals surface area contributed by atoms with Gasteiger partial charge in [-0.15, -0.1) is 0 Å². The lowest BCUT2D eigenvalue weighted by molar-refractivity contribution is 0.576. The molecule has 1 unspecified atom stereocenters. The second-order valence-corrected chi connectivity index (χ2v) is 4.05. The number of hydrogen-bond acceptors (Lipinski definition) is 3. The second-order valence-electron chi connectivity index (χ2n) is 3.27. The Balaban J connectivity index is 1.87. The van der Waals surface area contributed by atoms with Gasteiger partial charge in [0.05, 0.1) is 6.20 Å². The van der Waals surface area contributed by atoms with Gasteiger partial charge in [-0.05, 0) is 29.3 Å². The van der Waals surface area contributed by atoms with Crippen molar-refractivity contribution < 1.29 is 0 Å². The van der Waals surface area contributed by atoms with Crippen molar-refractivity contribution in [2.75, 3.05) is 0 Å². The van der Waals surface area contributed by atoms with Crippen LogP contribution in [0.5, 0.6) is 0 Å². The minimum Gasteiger partial charge on any atom is -0.306 e. The second kappa shape index (κ2) is 4.39. The van der Waals surface area contributed by atoms with Gasteiger partial charge in [-0.1, -0.05) is 0 Å². The Morgan fingerprint density at radius 3 is 3.21 bits per heavy atom. The first kappa shape index (κ1) is 9.43. The van der Waals surface area contributed by atoms with Gasteiger partial charge in [-0.2, -0.15) is 16.4 Å². The maximum Gasteiger partial charge on any atom is 0.0532 e. The molecule has 0 radical (unpaired) electrons. The monoisotopic (exact) mass is 207 g/mol. The fourth-order valence-electron chi connectivity index (χ4n) is 1.28. The van der Waals surface area contributed by atoms with E-state index < -0.39 is 0 Å². The van der Waals surface area contributed by atoms with Gasteiger partial charge in [-0.25, -0.2) is 0 Å². The topological polar surface area (TPSA) is 40.7 Å². The molecule has 0 bridgehead atoms. The van der Waals surface area contributed by atoms with Crippen molar-refractivity contribution in [1.29, 1.82) is 0 Å². The highest BCUT2D eigenvalue weighted by Crippen LogP contribution is 2.15. The summed E-state index contributed by atoms with van der Waals surface area (Å²) in [6, 6.07) is 2.55. The molecule has 0 amide bonds. The zero-order valence-electron chi connectivity index (χ0n) is 8.03. The molecule has 0 fully saturated rings. The molecule has 0 aromatic carbocycles. The van der Waals surface area contributed by atoms with Crippen LogP contribution in [-0.2, 0) is 6.54 Å². The maximum absolute atomic E-state index is 3.90. The van der Waals surface area contributed by atoms with Crippen molar-refractivity contribution in [3.63, 3.8) is 0 Å². The molecule has 2 aromatic rings. The number of nitrogens with one attached hydrogen (secondary N) is 2. The van der Waals surface area contributed by atoms with Gasteiger partial charge < -0.3 is 5.32 Å². The third kappa shape index (κ3) is 2.21. The summed E-state index contributed by atoms with van der Waals surface area (Å²) in [5, 5.41) is 14.4. The minimum atomic E-state index is 0.399. The van der Waals surface area contributed by atoms with Gasteiger partial charge in [0.25, 0.3) is 0 Å². The molecule has 74 valence electrons. The molecule has 0 saturated carbocycles. The van der Waals surface area contributed by atoms with Gasteiger partial charge in [0, 0.05) is 24.3 Å². The Morgan fingerprint density at radius 1 is 1.64 bits per heavy atom. The molecule has 2 rings (SSSR count). The van der Waals surface area contributed by atoms with Crippen molar-refractivity contribution in [3.8, 4) is 0 Å². The van der Waals surface area contributed by atoms with Crippen molar-refractivity contribution in [2.45, 2.75) is 19.5 Å². The number of thiophene rings is 1. The molecular weight excluding hydrogens is 194 g/mol. The van der Waals surface area contributed by atoms with Gasteiger partial charge in [-0.3, -0.25) is 5.10 Å². The van der Waals surface area contributed by atoms with Crippen LogP contribution in [0.1, 0.15) is 24.1 Å². The lowest BCUT2D eigenvalue weighted by Crippen LogP contribution is -2.17. The molecule has 0 aliphatic rings. The molecular formula is C10H13N3S. The molecule has 0 aliphatic carbocycles. The number of nitrogens with zero attached hydrogens (tertiary/aromatic N) is 1. The van der Waals surface area contributed by atoms with Crippen molar-refractivity contribution in [1.82, 2.24) is 15.5 Å². The van der Waals surface area contributed by atoms with E-state index in [0.717, 1.165) is 6.54 Å². The van der Waals surface area contributed by atoms with E-state index in [2.05, 4.69) is 39.3 Å². The predicted molar refractivity (Wildman–Crippen MR) is 58.2 cm³/mol. The van der Waals surface area contributed by atoms with E-state index in [1.807, 2.05) is 12.4 Å². The van der Waals surface area contributed by atoms with E-state index in [4.69, 9.17) is 0 Å². The number of aromatic nitrogens is 2. The summed E-state index contributed by atoms with van der Waals surface area (Å²) in [5.74, 6) is 0. The van der Waals surface area contributed by atoms with Crippen LogP contribution >= 0.6 is 11.3 Å². The van der Waals surface area contributed by atoms with Gasteiger partial charge >= 0.3 is 0 Å². The number of rotatable bonds is 4. The Labute approximate surface area is 87.2 Å². The third-order valence-corrected chi connectivity index (χ3v) is 2.91. The van der Waals surface area contributed by atoms with Crippen LogP contribution in [0, 0.1) is 0 Å². The van der Waals surface area contributed by atoms with E-state index in [-0.39, 0.29) is 0 Å². The number of hydrogen-bond donors (Lipinski definition) is 2. The van der Waals surface area contributed by atoms with E-state index in [0.29, 0.717) is 6.04 Å². The molecule has 0 aliphatic heterocycles. The third-order valence-electron chi connectivity index (χ3n) is 2.21. The molecule has 14 heavy (non-hydrogen) atoms.